The summed E-state index contributed by atoms with van der Waals surface area (Å²) in [4.78, 5) is 2.25. The molecule has 0 aliphatic heterocycles. The lowest BCUT2D eigenvalue weighted by atomic mass is 10.0. The number of alkyl halides is 1. The van der Waals surface area contributed by atoms with Crippen molar-refractivity contribution in [1.29, 1.82) is 0 Å². The van der Waals surface area contributed by atoms with Crippen molar-refractivity contribution in [2.45, 2.75) is 24.6 Å². The predicted octanol–water partition coefficient (Wildman–Crippen LogP) is 4.13. The molecule has 2 heteroatoms. The smallest absolute Gasteiger partial charge is 0.0712 e. The monoisotopic (exact) mass is 275 g/mol. The number of nitrogens with zero attached hydrogens (tertiary/aromatic N) is 1. The summed E-state index contributed by atoms with van der Waals surface area (Å²) in [7, 11) is 0. The van der Waals surface area contributed by atoms with Crippen LogP contribution < -0.4 is 0 Å². The van der Waals surface area contributed by atoms with Gasteiger partial charge in [0.25, 0.3) is 0 Å². The normalized spacial score (nSPS) is 15.3. The van der Waals surface area contributed by atoms with Crippen molar-refractivity contribution < 1.29 is 0 Å². The molecule has 1 aliphatic rings. The second kappa shape index (κ2) is 6.93. The zero-order chi connectivity index (χ0) is 13.7. The van der Waals surface area contributed by atoms with Crippen LogP contribution in [0.5, 0.6) is 0 Å². The Bertz CT molecular complexity index is 443. The molecular weight excluding hydrogens is 254 g/mol. The molecule has 1 aromatic carbocycles. The Morgan fingerprint density at radius 2 is 1.84 bits per heavy atom. The van der Waals surface area contributed by atoms with Crippen molar-refractivity contribution in [1.82, 2.24) is 4.90 Å². The summed E-state index contributed by atoms with van der Waals surface area (Å²) in [5.41, 5.74) is 4.23. The van der Waals surface area contributed by atoms with Crippen LogP contribution in [0.25, 0.3) is 0 Å². The summed E-state index contributed by atoms with van der Waals surface area (Å²) in [6.45, 7) is 10.1. The molecule has 0 fully saturated rings. The zero-order valence-corrected chi connectivity index (χ0v) is 12.2. The number of rotatable bonds is 7. The maximum Gasteiger partial charge on any atom is 0.0712 e. The minimum absolute atomic E-state index is 0.0331. The molecule has 0 radical (unpaired) electrons. The van der Waals surface area contributed by atoms with Crippen molar-refractivity contribution in [3.8, 4) is 0 Å². The summed E-state index contributed by atoms with van der Waals surface area (Å²) < 4.78 is 0. The van der Waals surface area contributed by atoms with Crippen molar-refractivity contribution in [2.75, 3.05) is 19.6 Å². The summed E-state index contributed by atoms with van der Waals surface area (Å²) in [6.07, 6.45) is 7.54. The fraction of sp³-hybridized carbons (Fsp3) is 0.412. The predicted molar refractivity (Wildman–Crippen MR) is 83.9 cm³/mol. The van der Waals surface area contributed by atoms with Gasteiger partial charge in [0.15, 0.2) is 0 Å². The van der Waals surface area contributed by atoms with Crippen LogP contribution in [0.3, 0.4) is 0 Å². The Hall–Kier alpha value is -1.05. The summed E-state index contributed by atoms with van der Waals surface area (Å²) in [5, 5.41) is 0.0331. The molecule has 102 valence electrons. The molecule has 1 aromatic rings. The molecule has 0 N–H and O–H groups in total. The first kappa shape index (κ1) is 14.4. The molecule has 1 nitrogen and oxygen atoms in total. The van der Waals surface area contributed by atoms with E-state index in [1.165, 1.54) is 36.0 Å². The molecule has 2 rings (SSSR count). The Labute approximate surface area is 121 Å². The Balaban J connectivity index is 2.03. The van der Waals surface area contributed by atoms with Gasteiger partial charge in [-0.25, -0.2) is 0 Å². The van der Waals surface area contributed by atoms with E-state index < -0.39 is 0 Å². The van der Waals surface area contributed by atoms with Gasteiger partial charge >= 0.3 is 0 Å². The van der Waals surface area contributed by atoms with Gasteiger partial charge in [0.1, 0.15) is 0 Å². The third-order valence-corrected chi connectivity index (χ3v) is 4.07. The van der Waals surface area contributed by atoms with E-state index in [0.717, 1.165) is 19.6 Å². The standard InChI is InChI=1S/C17H22ClN/c1-3-10-19(11-4-2)13-17(18)16-9-8-14-6-5-7-15(14)12-16/h3-4,8-9,12,17H,1-2,5-7,10-11,13H2. The third-order valence-electron chi connectivity index (χ3n) is 3.68. The van der Waals surface area contributed by atoms with Crippen LogP contribution in [-0.4, -0.2) is 24.5 Å². The molecule has 0 heterocycles. The van der Waals surface area contributed by atoms with Crippen molar-refractivity contribution in [3.05, 3.63) is 60.2 Å². The van der Waals surface area contributed by atoms with Crippen LogP contribution in [0, 0.1) is 0 Å². The van der Waals surface area contributed by atoms with Gasteiger partial charge in [0.05, 0.1) is 5.38 Å². The lowest BCUT2D eigenvalue weighted by Crippen LogP contribution is -2.27. The largest absolute Gasteiger partial charge is 0.294 e. The minimum Gasteiger partial charge on any atom is -0.294 e. The van der Waals surface area contributed by atoms with Crippen LogP contribution in [0.2, 0.25) is 0 Å². The number of halogens is 1. The summed E-state index contributed by atoms with van der Waals surface area (Å²) in [6, 6.07) is 6.72. The number of hydrogen-bond donors (Lipinski definition) is 0. The number of hydrogen-bond acceptors (Lipinski definition) is 1. The van der Waals surface area contributed by atoms with E-state index in [4.69, 9.17) is 11.6 Å². The van der Waals surface area contributed by atoms with E-state index in [1.807, 2.05) is 12.2 Å². The van der Waals surface area contributed by atoms with E-state index >= 15 is 0 Å². The number of fused-ring (bicyclic) bond motifs is 1. The molecule has 1 atom stereocenters. The summed E-state index contributed by atoms with van der Waals surface area (Å²) >= 11 is 6.56. The molecule has 0 bridgehead atoms. The average molecular weight is 276 g/mol. The second-order valence-corrected chi connectivity index (χ2v) is 5.67. The van der Waals surface area contributed by atoms with Crippen molar-refractivity contribution >= 4 is 11.6 Å². The van der Waals surface area contributed by atoms with Crippen LogP contribution in [0.15, 0.2) is 43.5 Å². The fourth-order valence-corrected chi connectivity index (χ4v) is 3.04. The lowest BCUT2D eigenvalue weighted by molar-refractivity contribution is 0.335. The third kappa shape index (κ3) is 3.71. The van der Waals surface area contributed by atoms with Gasteiger partial charge in [-0.1, -0.05) is 30.4 Å². The van der Waals surface area contributed by atoms with E-state index in [0.29, 0.717) is 0 Å². The molecule has 1 aliphatic carbocycles. The van der Waals surface area contributed by atoms with Crippen LogP contribution >= 0.6 is 11.6 Å². The topological polar surface area (TPSA) is 3.24 Å². The maximum atomic E-state index is 6.56. The first-order chi connectivity index (χ1) is 9.24. The van der Waals surface area contributed by atoms with E-state index in [1.54, 1.807) is 0 Å². The molecule has 0 aromatic heterocycles. The van der Waals surface area contributed by atoms with Crippen LogP contribution in [-0.2, 0) is 12.8 Å². The Morgan fingerprint density at radius 1 is 1.16 bits per heavy atom. The molecular formula is C17H22ClN. The average Bonchev–Trinajstić information content (AvgIpc) is 2.86. The molecule has 0 saturated heterocycles. The van der Waals surface area contributed by atoms with Crippen LogP contribution in [0.4, 0.5) is 0 Å². The van der Waals surface area contributed by atoms with Crippen molar-refractivity contribution in [2.24, 2.45) is 0 Å². The Kier molecular flexibility index (Phi) is 5.24. The minimum atomic E-state index is 0.0331. The SMILES string of the molecule is C=CCN(CC=C)CC(Cl)c1ccc2c(c1)CCC2. The molecule has 1 unspecified atom stereocenters. The number of aryl methyl sites for hydroxylation is 2. The zero-order valence-electron chi connectivity index (χ0n) is 11.4. The van der Waals surface area contributed by atoms with Gasteiger partial charge in [-0.05, 0) is 36.0 Å². The molecule has 0 spiro atoms. The van der Waals surface area contributed by atoms with E-state index in [-0.39, 0.29) is 5.38 Å². The molecule has 0 amide bonds. The highest BCUT2D eigenvalue weighted by Crippen LogP contribution is 2.28. The van der Waals surface area contributed by atoms with Gasteiger partial charge < -0.3 is 0 Å². The van der Waals surface area contributed by atoms with Crippen LogP contribution in [0.1, 0.15) is 28.5 Å². The van der Waals surface area contributed by atoms with Gasteiger partial charge in [0, 0.05) is 19.6 Å². The first-order valence-electron chi connectivity index (χ1n) is 6.94. The highest BCUT2D eigenvalue weighted by molar-refractivity contribution is 6.21. The maximum absolute atomic E-state index is 6.56. The number of benzene rings is 1. The molecule has 0 saturated carbocycles. The highest BCUT2D eigenvalue weighted by atomic mass is 35.5. The van der Waals surface area contributed by atoms with E-state index in [9.17, 15) is 0 Å². The lowest BCUT2D eigenvalue weighted by Gasteiger charge is -2.22. The van der Waals surface area contributed by atoms with Gasteiger partial charge in [0.2, 0.25) is 0 Å². The molecule has 19 heavy (non-hydrogen) atoms. The van der Waals surface area contributed by atoms with Crippen molar-refractivity contribution in [3.63, 3.8) is 0 Å². The van der Waals surface area contributed by atoms with E-state index in [2.05, 4.69) is 36.3 Å². The second-order valence-electron chi connectivity index (χ2n) is 5.15. The van der Waals surface area contributed by atoms with Gasteiger partial charge in [-0.15, -0.1) is 24.8 Å². The highest BCUT2D eigenvalue weighted by Gasteiger charge is 2.16. The van der Waals surface area contributed by atoms with Gasteiger partial charge in [-0.2, -0.15) is 0 Å². The quantitative estimate of drug-likeness (QED) is 0.534. The first-order valence-corrected chi connectivity index (χ1v) is 7.38. The fourth-order valence-electron chi connectivity index (χ4n) is 2.71. The Morgan fingerprint density at radius 3 is 2.53 bits per heavy atom. The van der Waals surface area contributed by atoms with Gasteiger partial charge in [-0.3, -0.25) is 4.90 Å². The summed E-state index contributed by atoms with van der Waals surface area (Å²) in [5.74, 6) is 0.